The molecule has 0 saturated heterocycles. The number of nitrogens with one attached hydrogen (secondary N) is 1. The molecule has 6 heteroatoms. The van der Waals surface area contributed by atoms with Crippen LogP contribution >= 0.6 is 6.89 Å². The van der Waals surface area contributed by atoms with Crippen molar-refractivity contribution in [3.05, 3.63) is 151 Å². The minimum absolute atomic E-state index is 0.111. The summed E-state index contributed by atoms with van der Waals surface area (Å²) in [5.74, 6) is -0.822. The van der Waals surface area contributed by atoms with Crippen LogP contribution in [0.15, 0.2) is 140 Å². The van der Waals surface area contributed by atoms with Crippen LogP contribution in [0.3, 0.4) is 0 Å². The quantitative estimate of drug-likeness (QED) is 0.183. The van der Waals surface area contributed by atoms with Gasteiger partial charge in [-0.25, -0.2) is 4.79 Å². The van der Waals surface area contributed by atoms with Crippen LogP contribution in [0, 0.1) is 17.2 Å². The molecule has 6 rings (SSSR count). The highest BCUT2D eigenvalue weighted by Gasteiger charge is 2.38. The Bertz CT molecular complexity index is 1820. The third kappa shape index (κ3) is 5.58. The van der Waals surface area contributed by atoms with Gasteiger partial charge in [0.1, 0.15) is 18.0 Å². The number of fused-ring (bicyclic) bond motifs is 3. The molecule has 0 saturated carbocycles. The van der Waals surface area contributed by atoms with Crippen molar-refractivity contribution < 1.29 is 14.3 Å². The lowest BCUT2D eigenvalue weighted by Gasteiger charge is -2.31. The third-order valence-corrected chi connectivity index (χ3v) is 12.9. The molecule has 1 aliphatic rings. The van der Waals surface area contributed by atoms with E-state index in [-0.39, 0.29) is 23.7 Å². The van der Waals surface area contributed by atoms with Gasteiger partial charge < -0.3 is 10.1 Å². The highest BCUT2D eigenvalue weighted by Crippen LogP contribution is 2.47. The number of carbonyl (C=O) groups is 2. The first-order chi connectivity index (χ1) is 22.5. The van der Waals surface area contributed by atoms with Gasteiger partial charge in [-0.15, -0.1) is 0 Å². The molecular formula is C40H35N2O3P. The molecule has 46 heavy (non-hydrogen) atoms. The molecule has 1 amide bonds. The number of carbonyl (C=O) groups excluding carboxylic acids is 2. The van der Waals surface area contributed by atoms with Crippen LogP contribution in [0.4, 0.5) is 4.79 Å². The minimum atomic E-state index is -2.95. The number of hydrogen-bond donors (Lipinski definition) is 1. The van der Waals surface area contributed by atoms with Gasteiger partial charge in [-0.2, -0.15) is 5.26 Å². The zero-order valence-corrected chi connectivity index (χ0v) is 26.7. The number of ketones is 1. The van der Waals surface area contributed by atoms with Crippen LogP contribution in [0.1, 0.15) is 30.9 Å². The zero-order chi connectivity index (χ0) is 32.1. The Balaban J connectivity index is 1.38. The van der Waals surface area contributed by atoms with Crippen molar-refractivity contribution in [2.24, 2.45) is 5.92 Å². The van der Waals surface area contributed by atoms with Crippen molar-refractivity contribution in [2.75, 3.05) is 6.61 Å². The lowest BCUT2D eigenvalue weighted by atomic mass is 9.98. The molecule has 5 aromatic rings. The monoisotopic (exact) mass is 622 g/mol. The number of rotatable bonds is 9. The molecular weight excluding hydrogens is 587 g/mol. The van der Waals surface area contributed by atoms with E-state index in [1.54, 1.807) is 0 Å². The summed E-state index contributed by atoms with van der Waals surface area (Å²) >= 11 is 0. The van der Waals surface area contributed by atoms with E-state index in [0.717, 1.165) is 38.2 Å². The maximum Gasteiger partial charge on any atom is 0.407 e. The van der Waals surface area contributed by atoms with E-state index in [4.69, 9.17) is 4.74 Å². The average molecular weight is 623 g/mol. The van der Waals surface area contributed by atoms with E-state index in [1.807, 2.05) is 129 Å². The number of nitrogens with zero attached hydrogens (tertiary/aromatic N) is 1. The summed E-state index contributed by atoms with van der Waals surface area (Å²) in [6.45, 7) is 0.919. The van der Waals surface area contributed by atoms with Crippen molar-refractivity contribution in [3.8, 4) is 17.2 Å². The molecule has 0 spiro atoms. The first-order valence-electron chi connectivity index (χ1n) is 15.5. The summed E-state index contributed by atoms with van der Waals surface area (Å²) in [5.41, 5.74) is 4.49. The fourth-order valence-corrected chi connectivity index (χ4v) is 10.7. The Hall–Kier alpha value is -5.17. The Kier molecular flexibility index (Phi) is 9.01. The van der Waals surface area contributed by atoms with Gasteiger partial charge in [0, 0.05) is 5.92 Å². The second kappa shape index (κ2) is 13.4. The standard InChI is InChI=1S/C40H35N2O3P/c1-28(2)38(42-40(44)45-27-36-34-24-14-12-22-32(34)33-23-13-15-25-35(33)36)39(43)37(26-41)46(29-16-6-3-7-17-29,30-18-8-4-9-19-30)31-20-10-5-11-21-31/h3-25,28,36,38H,27H2,1-2H3,(H,42,44)/t38-/m0/s1. The van der Waals surface area contributed by atoms with Crippen LogP contribution < -0.4 is 21.2 Å². The third-order valence-electron chi connectivity index (χ3n) is 8.67. The van der Waals surface area contributed by atoms with Crippen molar-refractivity contribution in [2.45, 2.75) is 25.8 Å². The Labute approximate surface area is 270 Å². The molecule has 0 aliphatic heterocycles. The summed E-state index contributed by atoms with van der Waals surface area (Å²) in [6, 6.07) is 47.0. The van der Waals surface area contributed by atoms with E-state index in [2.05, 4.69) is 35.7 Å². The smallest absolute Gasteiger partial charge is 0.407 e. The first-order valence-corrected chi connectivity index (χ1v) is 17.2. The summed E-state index contributed by atoms with van der Waals surface area (Å²) < 4.78 is 5.84. The van der Waals surface area contributed by atoms with Crippen LogP contribution in [0.25, 0.3) is 11.1 Å². The molecule has 0 heterocycles. The van der Waals surface area contributed by atoms with E-state index in [0.29, 0.717) is 0 Å². The molecule has 228 valence electrons. The predicted octanol–water partition coefficient (Wildman–Crippen LogP) is 6.81. The number of hydrogen-bond acceptors (Lipinski definition) is 4. The van der Waals surface area contributed by atoms with Gasteiger partial charge >= 0.3 is 6.09 Å². The Morgan fingerprint density at radius 1 is 0.696 bits per heavy atom. The molecule has 1 atom stereocenters. The summed E-state index contributed by atoms with van der Waals surface area (Å²) in [7, 11) is 0. The molecule has 1 N–H and O–H groups in total. The zero-order valence-electron chi connectivity index (χ0n) is 25.8. The normalized spacial score (nSPS) is 12.8. The molecule has 1 aliphatic carbocycles. The number of Topliss-reactive ketones (excluding diaryl/α,β-unsaturated/α-hetero) is 1. The largest absolute Gasteiger partial charge is 0.449 e. The van der Waals surface area contributed by atoms with Gasteiger partial charge in [0.2, 0.25) is 0 Å². The van der Waals surface area contributed by atoms with Gasteiger partial charge in [-0.3, -0.25) is 4.79 Å². The van der Waals surface area contributed by atoms with E-state index in [1.165, 1.54) is 0 Å². The average Bonchev–Trinajstić information content (AvgIpc) is 3.43. The van der Waals surface area contributed by atoms with Crippen molar-refractivity contribution >= 4 is 40.0 Å². The minimum Gasteiger partial charge on any atom is -0.449 e. The van der Waals surface area contributed by atoms with Crippen LogP contribution in [-0.4, -0.2) is 29.8 Å². The van der Waals surface area contributed by atoms with Gasteiger partial charge in [0.05, 0.1) is 6.04 Å². The predicted molar refractivity (Wildman–Crippen MR) is 188 cm³/mol. The van der Waals surface area contributed by atoms with Crippen LogP contribution in [0.2, 0.25) is 0 Å². The lowest BCUT2D eigenvalue weighted by Crippen LogP contribution is -2.48. The highest BCUT2D eigenvalue weighted by molar-refractivity contribution is 7.97. The van der Waals surface area contributed by atoms with Crippen molar-refractivity contribution in [1.82, 2.24) is 5.32 Å². The number of nitriles is 1. The number of alkyl carbamates (subject to hydrolysis) is 1. The molecule has 5 aromatic carbocycles. The van der Waals surface area contributed by atoms with Gasteiger partial charge in [0.25, 0.3) is 0 Å². The van der Waals surface area contributed by atoms with E-state index in [9.17, 15) is 14.9 Å². The van der Waals surface area contributed by atoms with Gasteiger partial charge in [0.15, 0.2) is 5.78 Å². The van der Waals surface area contributed by atoms with E-state index >= 15 is 0 Å². The van der Waals surface area contributed by atoms with E-state index < -0.39 is 24.8 Å². The maximum atomic E-state index is 14.7. The number of ether oxygens (including phenoxy) is 1. The Morgan fingerprint density at radius 2 is 1.11 bits per heavy atom. The maximum absolute atomic E-state index is 14.7. The summed E-state index contributed by atoms with van der Waals surface area (Å²) in [6.07, 6.45) is -0.686. The van der Waals surface area contributed by atoms with Crippen LogP contribution in [0.5, 0.6) is 0 Å². The van der Waals surface area contributed by atoms with Gasteiger partial charge in [-0.1, -0.05) is 153 Å². The summed E-state index contributed by atoms with van der Waals surface area (Å²) in [5, 5.41) is 16.6. The summed E-state index contributed by atoms with van der Waals surface area (Å²) in [4.78, 5) is 28.1. The van der Waals surface area contributed by atoms with Crippen LogP contribution in [-0.2, 0) is 9.53 Å². The molecule has 0 aromatic heterocycles. The topological polar surface area (TPSA) is 79.2 Å². The fourth-order valence-electron chi connectivity index (χ4n) is 6.53. The fraction of sp³-hybridized carbons (Fsp3) is 0.150. The van der Waals surface area contributed by atoms with Crippen molar-refractivity contribution in [1.29, 1.82) is 5.26 Å². The van der Waals surface area contributed by atoms with Crippen molar-refractivity contribution in [3.63, 3.8) is 0 Å². The second-order valence-electron chi connectivity index (χ2n) is 11.7. The first kappa shape index (κ1) is 30.8. The second-order valence-corrected chi connectivity index (χ2v) is 15.0. The number of benzene rings is 5. The SMILES string of the molecule is CC(C)[C@H](NC(=O)OCC1c2ccccc2-c2ccccc21)C(=O)C(C#N)=P(c1ccccc1)(c1ccccc1)c1ccccc1. The number of amides is 1. The van der Waals surface area contributed by atoms with Gasteiger partial charge in [-0.05, 0) is 51.0 Å². The lowest BCUT2D eigenvalue weighted by molar-refractivity contribution is -0.115. The molecule has 0 fully saturated rings. The Morgan fingerprint density at radius 3 is 1.52 bits per heavy atom. The molecule has 0 bridgehead atoms. The molecule has 0 radical (unpaired) electrons. The molecule has 0 unspecified atom stereocenters. The molecule has 5 nitrogen and oxygen atoms in total. The highest BCUT2D eigenvalue weighted by atomic mass is 31.2.